The number of hydrogen-bond donors (Lipinski definition) is 2. The van der Waals surface area contributed by atoms with Gasteiger partial charge in [-0.2, -0.15) is 0 Å². The van der Waals surface area contributed by atoms with Crippen molar-refractivity contribution in [2.45, 2.75) is 0 Å². The van der Waals surface area contributed by atoms with Gasteiger partial charge in [-0.3, -0.25) is 4.79 Å². The SMILES string of the molecule is CNC(=O)CNc1ccc(Cl)cc1F. The third-order valence-corrected chi connectivity index (χ3v) is 1.88. The molecule has 0 heterocycles. The minimum absolute atomic E-state index is 0.0368. The Hall–Kier alpha value is -1.29. The van der Waals surface area contributed by atoms with Crippen LogP contribution in [0.4, 0.5) is 10.1 Å². The lowest BCUT2D eigenvalue weighted by Gasteiger charge is -2.06. The predicted molar refractivity (Wildman–Crippen MR) is 54.0 cm³/mol. The number of likely N-dealkylation sites (N-methyl/N-ethyl adjacent to an activating group) is 1. The van der Waals surface area contributed by atoms with Crippen molar-refractivity contribution in [3.63, 3.8) is 0 Å². The van der Waals surface area contributed by atoms with Crippen LogP contribution in [0, 0.1) is 5.82 Å². The van der Waals surface area contributed by atoms with Gasteiger partial charge in [-0.25, -0.2) is 4.39 Å². The van der Waals surface area contributed by atoms with Crippen LogP contribution < -0.4 is 10.6 Å². The van der Waals surface area contributed by atoms with Crippen molar-refractivity contribution in [3.05, 3.63) is 29.0 Å². The Morgan fingerprint density at radius 2 is 2.29 bits per heavy atom. The van der Waals surface area contributed by atoms with E-state index < -0.39 is 5.82 Å². The van der Waals surface area contributed by atoms with Crippen molar-refractivity contribution in [3.8, 4) is 0 Å². The zero-order valence-electron chi connectivity index (χ0n) is 7.60. The quantitative estimate of drug-likeness (QED) is 0.807. The molecule has 0 fully saturated rings. The molecule has 0 aromatic heterocycles. The van der Waals surface area contributed by atoms with Crippen LogP contribution in [-0.4, -0.2) is 19.5 Å². The Morgan fingerprint density at radius 3 is 2.86 bits per heavy atom. The number of halogens is 2. The van der Waals surface area contributed by atoms with Crippen LogP contribution in [0.1, 0.15) is 0 Å². The van der Waals surface area contributed by atoms with Gasteiger partial charge in [-0.1, -0.05) is 11.6 Å². The molecule has 0 saturated carbocycles. The van der Waals surface area contributed by atoms with Gasteiger partial charge in [0.25, 0.3) is 0 Å². The van der Waals surface area contributed by atoms with E-state index >= 15 is 0 Å². The monoisotopic (exact) mass is 216 g/mol. The maximum atomic E-state index is 13.1. The van der Waals surface area contributed by atoms with Gasteiger partial charge in [-0.15, -0.1) is 0 Å². The van der Waals surface area contributed by atoms with E-state index in [2.05, 4.69) is 10.6 Å². The normalized spacial score (nSPS) is 9.64. The summed E-state index contributed by atoms with van der Waals surface area (Å²) in [6.07, 6.45) is 0. The summed E-state index contributed by atoms with van der Waals surface area (Å²) in [5.41, 5.74) is 0.262. The minimum Gasteiger partial charge on any atom is -0.374 e. The van der Waals surface area contributed by atoms with Crippen molar-refractivity contribution in [1.82, 2.24) is 5.32 Å². The maximum absolute atomic E-state index is 13.1. The molecular formula is C9H10ClFN2O. The molecule has 5 heteroatoms. The highest BCUT2D eigenvalue weighted by molar-refractivity contribution is 6.30. The van der Waals surface area contributed by atoms with E-state index in [1.54, 1.807) is 6.07 Å². The molecule has 76 valence electrons. The van der Waals surface area contributed by atoms with Crippen LogP contribution in [0.2, 0.25) is 5.02 Å². The first-order valence-corrected chi connectivity index (χ1v) is 4.41. The Labute approximate surface area is 86.3 Å². The van der Waals surface area contributed by atoms with Gasteiger partial charge in [0, 0.05) is 12.1 Å². The van der Waals surface area contributed by atoms with Gasteiger partial charge in [0.15, 0.2) is 0 Å². The van der Waals surface area contributed by atoms with Crippen molar-refractivity contribution in [1.29, 1.82) is 0 Å². The van der Waals surface area contributed by atoms with Gasteiger partial charge < -0.3 is 10.6 Å². The second-order valence-corrected chi connectivity index (χ2v) is 3.09. The third kappa shape index (κ3) is 2.88. The zero-order chi connectivity index (χ0) is 10.6. The molecule has 0 aliphatic rings. The van der Waals surface area contributed by atoms with Crippen molar-refractivity contribution in [2.24, 2.45) is 0 Å². The molecule has 3 nitrogen and oxygen atoms in total. The lowest BCUT2D eigenvalue weighted by molar-refractivity contribution is -0.118. The molecule has 0 atom stereocenters. The first-order chi connectivity index (χ1) is 6.63. The highest BCUT2D eigenvalue weighted by Crippen LogP contribution is 2.18. The molecule has 0 unspecified atom stereocenters. The number of benzene rings is 1. The van der Waals surface area contributed by atoms with Gasteiger partial charge in [0.05, 0.1) is 12.2 Å². The number of anilines is 1. The van der Waals surface area contributed by atoms with Crippen LogP contribution in [0.25, 0.3) is 0 Å². The van der Waals surface area contributed by atoms with E-state index in [0.29, 0.717) is 5.02 Å². The zero-order valence-corrected chi connectivity index (χ0v) is 8.36. The van der Waals surface area contributed by atoms with Crippen molar-refractivity contribution in [2.75, 3.05) is 18.9 Å². The summed E-state index contributed by atoms with van der Waals surface area (Å²) in [6.45, 7) is 0.0368. The molecule has 0 radical (unpaired) electrons. The first kappa shape index (κ1) is 10.8. The van der Waals surface area contributed by atoms with Crippen molar-refractivity contribution < 1.29 is 9.18 Å². The number of nitrogens with one attached hydrogen (secondary N) is 2. The van der Waals surface area contributed by atoms with E-state index in [1.165, 1.54) is 19.2 Å². The molecule has 0 aliphatic carbocycles. The third-order valence-electron chi connectivity index (χ3n) is 1.65. The van der Waals surface area contributed by atoms with Gasteiger partial charge >= 0.3 is 0 Å². The molecule has 0 spiro atoms. The van der Waals surface area contributed by atoms with E-state index in [4.69, 9.17) is 11.6 Å². The van der Waals surface area contributed by atoms with E-state index in [1.807, 2.05) is 0 Å². The molecular weight excluding hydrogens is 207 g/mol. The summed E-state index contributed by atoms with van der Waals surface area (Å²) in [6, 6.07) is 4.23. The number of amides is 1. The Kier molecular flexibility index (Phi) is 3.71. The lowest BCUT2D eigenvalue weighted by Crippen LogP contribution is -2.26. The van der Waals surface area contributed by atoms with E-state index in [0.717, 1.165) is 0 Å². The fourth-order valence-electron chi connectivity index (χ4n) is 0.897. The van der Waals surface area contributed by atoms with Crippen LogP contribution in [0.15, 0.2) is 18.2 Å². The highest BCUT2D eigenvalue weighted by Gasteiger charge is 2.03. The predicted octanol–water partition coefficient (Wildman–Crippen LogP) is 1.64. The van der Waals surface area contributed by atoms with Gasteiger partial charge in [-0.05, 0) is 18.2 Å². The van der Waals surface area contributed by atoms with Crippen LogP contribution >= 0.6 is 11.6 Å². The lowest BCUT2D eigenvalue weighted by atomic mass is 10.3. The summed E-state index contributed by atoms with van der Waals surface area (Å²) < 4.78 is 13.1. The fraction of sp³-hybridized carbons (Fsp3) is 0.222. The molecule has 0 bridgehead atoms. The fourth-order valence-corrected chi connectivity index (χ4v) is 1.06. The van der Waals surface area contributed by atoms with Crippen molar-refractivity contribution >= 4 is 23.2 Å². The molecule has 0 saturated heterocycles. The number of hydrogen-bond acceptors (Lipinski definition) is 2. The standard InChI is InChI=1S/C9H10ClFN2O/c1-12-9(14)5-13-8-3-2-6(10)4-7(8)11/h2-4,13H,5H2,1H3,(H,12,14). The average Bonchev–Trinajstić information content (AvgIpc) is 2.16. The van der Waals surface area contributed by atoms with E-state index in [-0.39, 0.29) is 18.1 Å². The highest BCUT2D eigenvalue weighted by atomic mass is 35.5. The van der Waals surface area contributed by atoms with Crippen LogP contribution in [0.3, 0.4) is 0 Å². The molecule has 0 aliphatic heterocycles. The average molecular weight is 217 g/mol. The topological polar surface area (TPSA) is 41.1 Å². The molecule has 14 heavy (non-hydrogen) atoms. The van der Waals surface area contributed by atoms with Gasteiger partial charge in [0.2, 0.25) is 5.91 Å². The summed E-state index contributed by atoms with van der Waals surface area (Å²) in [5.74, 6) is -0.680. The second kappa shape index (κ2) is 4.81. The van der Waals surface area contributed by atoms with Gasteiger partial charge in [0.1, 0.15) is 5.82 Å². The van der Waals surface area contributed by atoms with E-state index in [9.17, 15) is 9.18 Å². The molecule has 1 aromatic rings. The number of carbonyl (C=O) groups is 1. The summed E-state index contributed by atoms with van der Waals surface area (Å²) >= 11 is 5.56. The summed E-state index contributed by atoms with van der Waals surface area (Å²) in [5, 5.41) is 5.39. The minimum atomic E-state index is -0.471. The Bertz CT molecular complexity index is 344. The largest absolute Gasteiger partial charge is 0.374 e. The number of rotatable bonds is 3. The Morgan fingerprint density at radius 1 is 1.57 bits per heavy atom. The first-order valence-electron chi connectivity index (χ1n) is 4.03. The summed E-state index contributed by atoms with van der Waals surface area (Å²) in [7, 11) is 1.52. The van der Waals surface area contributed by atoms with Crippen LogP contribution in [0.5, 0.6) is 0 Å². The number of carbonyl (C=O) groups excluding carboxylic acids is 1. The smallest absolute Gasteiger partial charge is 0.239 e. The maximum Gasteiger partial charge on any atom is 0.239 e. The Balaban J connectivity index is 2.63. The molecule has 1 rings (SSSR count). The molecule has 1 aromatic carbocycles. The second-order valence-electron chi connectivity index (χ2n) is 2.65. The molecule has 2 N–H and O–H groups in total. The van der Waals surface area contributed by atoms with Crippen LogP contribution in [-0.2, 0) is 4.79 Å². The summed E-state index contributed by atoms with van der Waals surface area (Å²) in [4.78, 5) is 10.8. The molecule has 1 amide bonds.